The van der Waals surface area contributed by atoms with E-state index >= 15 is 0 Å². The molecular formula is C13H9Cl2N5O2S. The van der Waals surface area contributed by atoms with E-state index in [1.54, 1.807) is 29.5 Å². The van der Waals surface area contributed by atoms with Crippen LogP contribution in [0.2, 0.25) is 10.0 Å². The highest BCUT2D eigenvalue weighted by molar-refractivity contribution is 7.13. The minimum Gasteiger partial charge on any atom is -0.476 e. The van der Waals surface area contributed by atoms with Crippen molar-refractivity contribution in [1.29, 1.82) is 0 Å². The van der Waals surface area contributed by atoms with Gasteiger partial charge >= 0.3 is 5.97 Å². The van der Waals surface area contributed by atoms with E-state index in [0.29, 0.717) is 15.9 Å². The quantitative estimate of drug-likeness (QED) is 0.727. The van der Waals surface area contributed by atoms with E-state index in [9.17, 15) is 4.79 Å². The molecule has 0 saturated carbocycles. The molecule has 0 fully saturated rings. The molecule has 0 spiro atoms. The molecule has 118 valence electrons. The van der Waals surface area contributed by atoms with Crippen molar-refractivity contribution in [3.8, 4) is 10.6 Å². The first-order valence-electron chi connectivity index (χ1n) is 6.26. The molecule has 0 amide bonds. The number of rotatable bonds is 4. The Balaban J connectivity index is 1.93. The lowest BCUT2D eigenvalue weighted by Gasteiger charge is -2.12. The van der Waals surface area contributed by atoms with Gasteiger partial charge < -0.3 is 10.0 Å². The number of thiazole rings is 1. The van der Waals surface area contributed by atoms with Crippen molar-refractivity contribution in [2.45, 2.75) is 0 Å². The van der Waals surface area contributed by atoms with Gasteiger partial charge in [-0.15, -0.1) is 16.4 Å². The minimum atomic E-state index is -1.14. The van der Waals surface area contributed by atoms with Crippen LogP contribution in [0.1, 0.15) is 10.5 Å². The maximum atomic E-state index is 11.1. The van der Waals surface area contributed by atoms with Crippen LogP contribution in [0.25, 0.3) is 10.6 Å². The van der Waals surface area contributed by atoms with Gasteiger partial charge in [-0.2, -0.15) is 0 Å². The van der Waals surface area contributed by atoms with Gasteiger partial charge in [-0.3, -0.25) is 0 Å². The fraction of sp³-hybridized carbons (Fsp3) is 0.0769. The van der Waals surface area contributed by atoms with Crippen LogP contribution >= 0.6 is 34.5 Å². The number of aromatic nitrogens is 4. The molecule has 0 aliphatic heterocycles. The molecule has 2 N–H and O–H groups in total. The molecule has 3 aromatic rings. The number of carboxylic acids is 1. The maximum Gasteiger partial charge on any atom is 0.357 e. The van der Waals surface area contributed by atoms with Crippen LogP contribution in [0, 0.1) is 0 Å². The zero-order valence-electron chi connectivity index (χ0n) is 11.6. The number of halogens is 2. The second-order valence-electron chi connectivity index (χ2n) is 4.51. The van der Waals surface area contributed by atoms with Gasteiger partial charge in [0.05, 0.1) is 10.0 Å². The van der Waals surface area contributed by atoms with Gasteiger partial charge in [-0.05, 0) is 12.1 Å². The average molecular weight is 370 g/mol. The molecular weight excluding hydrogens is 361 g/mol. The fourth-order valence-electron chi connectivity index (χ4n) is 1.89. The summed E-state index contributed by atoms with van der Waals surface area (Å²) in [4.78, 5) is 17.2. The third-order valence-corrected chi connectivity index (χ3v) is 4.68. The summed E-state index contributed by atoms with van der Waals surface area (Å²) in [6.45, 7) is 0. The van der Waals surface area contributed by atoms with Gasteiger partial charge in [0.15, 0.2) is 11.5 Å². The fourth-order valence-corrected chi connectivity index (χ4v) is 3.03. The number of anilines is 2. The summed E-state index contributed by atoms with van der Waals surface area (Å²) in [6, 6.07) is 5.24. The molecule has 2 aromatic heterocycles. The first kappa shape index (κ1) is 15.7. The second-order valence-corrected chi connectivity index (χ2v) is 6.19. The molecule has 0 aliphatic carbocycles. The molecule has 10 heteroatoms. The Morgan fingerprint density at radius 3 is 2.83 bits per heavy atom. The van der Waals surface area contributed by atoms with Crippen LogP contribution in [0.15, 0.2) is 23.6 Å². The smallest absolute Gasteiger partial charge is 0.357 e. The van der Waals surface area contributed by atoms with Crippen LogP contribution in [0.5, 0.6) is 0 Å². The summed E-state index contributed by atoms with van der Waals surface area (Å²) in [5, 5.41) is 22.2. The third-order valence-electron chi connectivity index (χ3n) is 3.06. The second kappa shape index (κ2) is 6.15. The number of aromatic amines is 1. The van der Waals surface area contributed by atoms with Gasteiger partial charge in [-0.25, -0.2) is 14.9 Å². The predicted octanol–water partition coefficient (Wildman–Crippen LogP) is 3.70. The number of carbonyl (C=O) groups is 1. The Hall–Kier alpha value is -2.16. The number of aromatic carboxylic acids is 1. The van der Waals surface area contributed by atoms with Gasteiger partial charge in [0.1, 0.15) is 10.8 Å². The Morgan fingerprint density at radius 2 is 2.13 bits per heavy atom. The molecule has 0 aliphatic rings. The van der Waals surface area contributed by atoms with Crippen molar-refractivity contribution >= 4 is 52.1 Å². The van der Waals surface area contributed by atoms with E-state index in [1.165, 1.54) is 11.3 Å². The van der Waals surface area contributed by atoms with Crippen molar-refractivity contribution < 1.29 is 9.90 Å². The van der Waals surface area contributed by atoms with E-state index in [4.69, 9.17) is 28.3 Å². The number of carboxylic acid groups (broad SMARTS) is 1. The Bertz CT molecular complexity index is 879. The summed E-state index contributed by atoms with van der Waals surface area (Å²) >= 11 is 13.3. The first-order valence-corrected chi connectivity index (χ1v) is 7.90. The van der Waals surface area contributed by atoms with Crippen molar-refractivity contribution in [3.63, 3.8) is 0 Å². The number of nitrogens with zero attached hydrogens (tertiary/aromatic N) is 4. The Kier molecular flexibility index (Phi) is 4.20. The van der Waals surface area contributed by atoms with E-state index in [0.717, 1.165) is 10.6 Å². The van der Waals surface area contributed by atoms with Gasteiger partial charge in [-0.1, -0.05) is 34.5 Å². The molecule has 3 rings (SSSR count). The van der Waals surface area contributed by atoms with Crippen LogP contribution in [0.3, 0.4) is 0 Å². The molecule has 0 bridgehead atoms. The number of H-pyrrole nitrogens is 1. The lowest BCUT2D eigenvalue weighted by atomic mass is 10.2. The van der Waals surface area contributed by atoms with Crippen molar-refractivity contribution in [1.82, 2.24) is 20.4 Å². The molecule has 2 heterocycles. The largest absolute Gasteiger partial charge is 0.476 e. The van der Waals surface area contributed by atoms with Crippen LogP contribution in [0.4, 0.5) is 11.6 Å². The van der Waals surface area contributed by atoms with Crippen LogP contribution in [-0.4, -0.2) is 38.5 Å². The molecule has 0 radical (unpaired) electrons. The average Bonchev–Trinajstić information content (AvgIpc) is 3.18. The predicted molar refractivity (Wildman–Crippen MR) is 89.0 cm³/mol. The highest BCUT2D eigenvalue weighted by Crippen LogP contribution is 2.33. The van der Waals surface area contributed by atoms with Gasteiger partial charge in [0.2, 0.25) is 0 Å². The monoisotopic (exact) mass is 369 g/mol. The minimum absolute atomic E-state index is 0.100. The van der Waals surface area contributed by atoms with E-state index in [2.05, 4.69) is 20.4 Å². The van der Waals surface area contributed by atoms with E-state index < -0.39 is 5.97 Å². The summed E-state index contributed by atoms with van der Waals surface area (Å²) in [5.74, 6) is -0.409. The van der Waals surface area contributed by atoms with Gasteiger partial charge in [0, 0.05) is 18.0 Å². The molecule has 0 atom stereocenters. The molecule has 0 unspecified atom stereocenters. The van der Waals surface area contributed by atoms with Crippen LogP contribution in [-0.2, 0) is 0 Å². The maximum absolute atomic E-state index is 11.1. The van der Waals surface area contributed by atoms with E-state index in [-0.39, 0.29) is 11.5 Å². The topological polar surface area (TPSA) is 95.0 Å². The standard InChI is InChI=1S/C13H9Cl2N5O2S/c1-20(11-10(13(21)22)17-19-18-11)9-5-23-12(16-9)6-2-3-7(14)8(15)4-6/h2-5H,1H3,(H,21,22)(H,17,18,19). The molecule has 7 nitrogen and oxygen atoms in total. The highest BCUT2D eigenvalue weighted by atomic mass is 35.5. The lowest BCUT2D eigenvalue weighted by Crippen LogP contribution is -2.14. The molecule has 0 saturated heterocycles. The summed E-state index contributed by atoms with van der Waals surface area (Å²) in [5.41, 5.74) is 0.722. The third kappa shape index (κ3) is 3.00. The summed E-state index contributed by atoms with van der Waals surface area (Å²) in [7, 11) is 1.66. The first-order chi connectivity index (χ1) is 11.0. The zero-order valence-corrected chi connectivity index (χ0v) is 13.9. The summed E-state index contributed by atoms with van der Waals surface area (Å²) < 4.78 is 0. The van der Waals surface area contributed by atoms with Gasteiger partial charge in [0.25, 0.3) is 0 Å². The van der Waals surface area contributed by atoms with Crippen LogP contribution < -0.4 is 4.90 Å². The Labute approximate surface area is 144 Å². The number of nitrogens with one attached hydrogen (secondary N) is 1. The van der Waals surface area contributed by atoms with E-state index in [1.807, 2.05) is 6.07 Å². The molecule has 23 heavy (non-hydrogen) atoms. The number of hydrogen-bond donors (Lipinski definition) is 2. The SMILES string of the molecule is CN(c1csc(-c2ccc(Cl)c(Cl)c2)n1)c1nn[nH]c1C(=O)O. The zero-order chi connectivity index (χ0) is 16.6. The summed E-state index contributed by atoms with van der Waals surface area (Å²) in [6.07, 6.45) is 0. The van der Waals surface area contributed by atoms with Crippen molar-refractivity contribution in [2.75, 3.05) is 11.9 Å². The highest BCUT2D eigenvalue weighted by Gasteiger charge is 2.21. The Morgan fingerprint density at radius 1 is 1.35 bits per heavy atom. The molecule has 1 aromatic carbocycles. The number of benzene rings is 1. The number of hydrogen-bond acceptors (Lipinski definition) is 6. The normalized spacial score (nSPS) is 10.7. The lowest BCUT2D eigenvalue weighted by molar-refractivity contribution is 0.0691. The van der Waals surface area contributed by atoms with Crippen molar-refractivity contribution in [3.05, 3.63) is 39.3 Å². The van der Waals surface area contributed by atoms with Crippen molar-refractivity contribution in [2.24, 2.45) is 0 Å².